The minimum Gasteiger partial charge on any atom is -0.504 e. The number of anilines is 1. The van der Waals surface area contributed by atoms with Crippen LogP contribution in [0, 0.1) is 10.1 Å². The first-order chi connectivity index (χ1) is 15.8. The molecule has 0 radical (unpaired) electrons. The van der Waals surface area contributed by atoms with Crippen molar-refractivity contribution in [3.63, 3.8) is 0 Å². The molecule has 0 saturated heterocycles. The Labute approximate surface area is 185 Å². The summed E-state index contributed by atoms with van der Waals surface area (Å²) in [5.74, 6) is -1.39. The van der Waals surface area contributed by atoms with Crippen LogP contribution in [0.15, 0.2) is 53.7 Å². The number of nitrogens with zero attached hydrogens (tertiary/aromatic N) is 5. The summed E-state index contributed by atoms with van der Waals surface area (Å²) in [6, 6.07) is 8.30. The molecule has 0 unspecified atom stereocenters. The molecule has 0 bridgehead atoms. The number of phenols is 1. The molecule has 1 atom stereocenters. The number of methoxy groups -OCH3 is 2. The molecular formula is C20H16N6O7. The van der Waals surface area contributed by atoms with Crippen molar-refractivity contribution in [3.8, 4) is 11.5 Å². The molecular weight excluding hydrogens is 436 g/mol. The number of fused-ring (bicyclic) bond motifs is 1. The van der Waals surface area contributed by atoms with Gasteiger partial charge >= 0.3 is 5.97 Å². The van der Waals surface area contributed by atoms with E-state index in [9.17, 15) is 24.8 Å². The topological polar surface area (TPSA) is 172 Å². The highest BCUT2D eigenvalue weighted by atomic mass is 16.6. The first-order valence-electron chi connectivity index (χ1n) is 9.39. The summed E-state index contributed by atoms with van der Waals surface area (Å²) in [4.78, 5) is 36.6. The van der Waals surface area contributed by atoms with E-state index in [0.29, 0.717) is 5.56 Å². The fourth-order valence-electron chi connectivity index (χ4n) is 3.45. The van der Waals surface area contributed by atoms with Gasteiger partial charge in [0, 0.05) is 17.7 Å². The van der Waals surface area contributed by atoms with E-state index in [1.165, 1.54) is 54.3 Å². The number of allylic oxidation sites excluding steroid dienone is 1. The Balaban J connectivity index is 1.93. The van der Waals surface area contributed by atoms with Gasteiger partial charge in [-0.2, -0.15) is 4.68 Å². The fraction of sp³-hybridized carbons (Fsp3) is 0.150. The van der Waals surface area contributed by atoms with Crippen molar-refractivity contribution in [2.75, 3.05) is 19.5 Å². The molecule has 0 saturated carbocycles. The van der Waals surface area contributed by atoms with Crippen molar-refractivity contribution < 1.29 is 29.1 Å². The Kier molecular flexibility index (Phi) is 5.44. The number of aromatic hydroxyl groups is 1. The van der Waals surface area contributed by atoms with Crippen LogP contribution in [0.2, 0.25) is 0 Å². The van der Waals surface area contributed by atoms with Crippen LogP contribution in [0.25, 0.3) is 0 Å². The number of Topliss-reactive ketones (excluding diaryl/α,β-unsaturated/α-hetero) is 1. The molecule has 0 amide bonds. The third-order valence-corrected chi connectivity index (χ3v) is 5.01. The van der Waals surface area contributed by atoms with Crippen LogP contribution in [-0.4, -0.2) is 56.2 Å². The molecule has 2 N–H and O–H groups in total. The lowest BCUT2D eigenvalue weighted by atomic mass is 9.89. The molecule has 13 heteroatoms. The molecule has 33 heavy (non-hydrogen) atoms. The Hall–Kier alpha value is -4.81. The third-order valence-electron chi connectivity index (χ3n) is 5.01. The van der Waals surface area contributed by atoms with E-state index in [1.807, 2.05) is 0 Å². The average Bonchev–Trinajstić information content (AvgIpc) is 3.30. The number of carbonyl (C=O) groups is 2. The lowest BCUT2D eigenvalue weighted by Gasteiger charge is -2.28. The normalized spacial score (nSPS) is 14.8. The van der Waals surface area contributed by atoms with Gasteiger partial charge in [0.15, 0.2) is 17.3 Å². The average molecular weight is 452 g/mol. The number of nitrogens with one attached hydrogen (secondary N) is 1. The molecule has 1 aliphatic heterocycles. The Morgan fingerprint density at radius 3 is 2.55 bits per heavy atom. The van der Waals surface area contributed by atoms with Crippen LogP contribution in [0.5, 0.6) is 11.5 Å². The Morgan fingerprint density at radius 2 is 1.91 bits per heavy atom. The number of ketones is 1. The molecule has 0 fully saturated rings. The smallest absolute Gasteiger partial charge is 0.355 e. The second-order valence-electron chi connectivity index (χ2n) is 6.82. The van der Waals surface area contributed by atoms with E-state index in [-0.39, 0.29) is 40.0 Å². The van der Waals surface area contributed by atoms with Crippen LogP contribution < -0.4 is 10.1 Å². The van der Waals surface area contributed by atoms with Crippen LogP contribution in [0.1, 0.15) is 22.0 Å². The highest BCUT2D eigenvalue weighted by molar-refractivity contribution is 6.15. The summed E-state index contributed by atoms with van der Waals surface area (Å²) in [6.45, 7) is 0. The number of esters is 1. The van der Waals surface area contributed by atoms with Gasteiger partial charge in [-0.25, -0.2) is 4.79 Å². The SMILES string of the molecule is COC(=O)C1=C(C(=O)c2ccc([N+](=O)[O-])cc2)[C@@H](c2ccc(O)c(OC)c2)n2nnnc2N1. The predicted octanol–water partition coefficient (Wildman–Crippen LogP) is 1.62. The zero-order chi connectivity index (χ0) is 23.7. The molecule has 1 aromatic heterocycles. The predicted molar refractivity (Wildman–Crippen MR) is 111 cm³/mol. The zero-order valence-corrected chi connectivity index (χ0v) is 17.3. The van der Waals surface area contributed by atoms with Gasteiger partial charge in [-0.1, -0.05) is 11.2 Å². The molecule has 0 aliphatic carbocycles. The summed E-state index contributed by atoms with van der Waals surface area (Å²) >= 11 is 0. The minimum atomic E-state index is -1.01. The van der Waals surface area contributed by atoms with Crippen LogP contribution in [0.3, 0.4) is 0 Å². The standard InChI is InChI=1S/C20H16N6O7/c1-32-14-9-11(5-8-13(14)27)17-15(18(28)10-3-6-12(7-4-10)26(30)31)16(19(29)33-2)21-20-22-23-24-25(17)20/h3-9,17,27H,1-2H3,(H,21,22,24)/t17-/m1/s1. The number of nitro groups is 1. The molecule has 168 valence electrons. The monoisotopic (exact) mass is 452 g/mol. The van der Waals surface area contributed by atoms with Gasteiger partial charge in [0.25, 0.3) is 5.69 Å². The highest BCUT2D eigenvalue weighted by Gasteiger charge is 2.39. The molecule has 13 nitrogen and oxygen atoms in total. The summed E-state index contributed by atoms with van der Waals surface area (Å²) in [5, 5.41) is 35.1. The summed E-state index contributed by atoms with van der Waals surface area (Å²) in [7, 11) is 2.52. The van der Waals surface area contributed by atoms with Crippen molar-refractivity contribution in [3.05, 3.63) is 75.0 Å². The van der Waals surface area contributed by atoms with Gasteiger partial charge in [0.05, 0.1) is 24.7 Å². The molecule has 0 spiro atoms. The van der Waals surface area contributed by atoms with Gasteiger partial charge in [0.1, 0.15) is 11.7 Å². The molecule has 4 rings (SSSR count). The van der Waals surface area contributed by atoms with Crippen molar-refractivity contribution in [2.45, 2.75) is 6.04 Å². The zero-order valence-electron chi connectivity index (χ0n) is 17.3. The van der Waals surface area contributed by atoms with E-state index >= 15 is 0 Å². The van der Waals surface area contributed by atoms with Crippen LogP contribution in [-0.2, 0) is 9.53 Å². The fourth-order valence-corrected chi connectivity index (χ4v) is 3.45. The second-order valence-corrected chi connectivity index (χ2v) is 6.82. The molecule has 1 aliphatic rings. The maximum absolute atomic E-state index is 13.6. The third kappa shape index (κ3) is 3.71. The van der Waals surface area contributed by atoms with E-state index in [1.54, 1.807) is 0 Å². The molecule has 3 aromatic rings. The summed E-state index contributed by atoms with van der Waals surface area (Å²) in [6.07, 6.45) is 0. The van der Waals surface area contributed by atoms with Gasteiger partial charge in [0.2, 0.25) is 5.95 Å². The van der Waals surface area contributed by atoms with Crippen molar-refractivity contribution in [1.82, 2.24) is 20.2 Å². The second kappa shape index (κ2) is 8.37. The van der Waals surface area contributed by atoms with E-state index < -0.39 is 22.7 Å². The number of tetrazole rings is 1. The molecule has 2 heterocycles. The quantitative estimate of drug-likeness (QED) is 0.241. The first kappa shape index (κ1) is 21.4. The van der Waals surface area contributed by atoms with E-state index in [2.05, 4.69) is 20.8 Å². The maximum Gasteiger partial charge on any atom is 0.355 e. The number of rotatable bonds is 6. The van der Waals surface area contributed by atoms with Crippen molar-refractivity contribution in [2.24, 2.45) is 0 Å². The Morgan fingerprint density at radius 1 is 1.18 bits per heavy atom. The number of benzene rings is 2. The van der Waals surface area contributed by atoms with Crippen LogP contribution in [0.4, 0.5) is 11.6 Å². The van der Waals surface area contributed by atoms with Gasteiger partial charge in [-0.3, -0.25) is 14.9 Å². The number of carbonyl (C=O) groups excluding carboxylic acids is 2. The van der Waals surface area contributed by atoms with E-state index in [0.717, 1.165) is 7.11 Å². The highest BCUT2D eigenvalue weighted by Crippen LogP contribution is 2.39. The van der Waals surface area contributed by atoms with Gasteiger partial charge in [-0.15, -0.1) is 0 Å². The summed E-state index contributed by atoms with van der Waals surface area (Å²) in [5.41, 5.74) is 0.0546. The number of aromatic nitrogens is 4. The van der Waals surface area contributed by atoms with Crippen LogP contribution >= 0.6 is 0 Å². The number of ether oxygens (including phenoxy) is 2. The number of hydrogen-bond acceptors (Lipinski definition) is 11. The lowest BCUT2D eigenvalue weighted by Crippen LogP contribution is -2.33. The van der Waals surface area contributed by atoms with Gasteiger partial charge in [-0.05, 0) is 40.3 Å². The Bertz CT molecular complexity index is 1300. The first-order valence-corrected chi connectivity index (χ1v) is 9.39. The number of phenolic OH excluding ortho intramolecular Hbond substituents is 1. The van der Waals surface area contributed by atoms with Crippen molar-refractivity contribution >= 4 is 23.4 Å². The molecule has 2 aromatic carbocycles. The van der Waals surface area contributed by atoms with Gasteiger partial charge < -0.3 is 19.9 Å². The van der Waals surface area contributed by atoms with E-state index in [4.69, 9.17) is 9.47 Å². The minimum absolute atomic E-state index is 0.0664. The lowest BCUT2D eigenvalue weighted by molar-refractivity contribution is -0.384. The number of hydrogen-bond donors (Lipinski definition) is 2. The summed E-state index contributed by atoms with van der Waals surface area (Å²) < 4.78 is 11.3. The van der Waals surface area contributed by atoms with Crippen molar-refractivity contribution in [1.29, 1.82) is 0 Å². The maximum atomic E-state index is 13.6. The largest absolute Gasteiger partial charge is 0.504 e. The number of non-ortho nitro benzene ring substituents is 1. The number of nitro benzene ring substituents is 1.